The summed E-state index contributed by atoms with van der Waals surface area (Å²) in [6, 6.07) is 1.66. The summed E-state index contributed by atoms with van der Waals surface area (Å²) in [5.74, 6) is -6.98. The second-order valence-corrected chi connectivity index (χ2v) is 14.5. The van der Waals surface area contributed by atoms with Crippen LogP contribution in [0.3, 0.4) is 0 Å². The molecule has 11 atom stereocenters. The number of Topliss-reactive ketones (excluding diaryl/α,β-unsaturated/α-hetero) is 1. The second-order valence-electron chi connectivity index (χ2n) is 14.5. The molecule has 2 saturated carbocycles. The Morgan fingerprint density at radius 1 is 1.18 bits per heavy atom. The van der Waals surface area contributed by atoms with Crippen molar-refractivity contribution < 1.29 is 62.7 Å². The van der Waals surface area contributed by atoms with Gasteiger partial charge in [-0.05, 0) is 49.3 Å². The number of ketones is 1. The zero-order chi connectivity index (χ0) is 36.7. The number of hydrogen-bond donors (Lipinski definition) is 3. The molecule has 0 radical (unpaired) electrons. The first-order chi connectivity index (χ1) is 22.9. The summed E-state index contributed by atoms with van der Waals surface area (Å²) in [6.45, 7) is 14.7. The minimum absolute atomic E-state index is 0.00363. The SMILES string of the molecule is C=C1C(C(C)(C(CC(=O)OCC)OC(C)=O)C2CC(=O)OC2(C)CO)CC(OC(=O)C(O)C(C)CC)C2(C)C(c3ccoc3)CC(=O)C12O. The van der Waals surface area contributed by atoms with Crippen LogP contribution in [0.2, 0.25) is 0 Å². The maximum atomic E-state index is 14.2. The average molecular weight is 691 g/mol. The van der Waals surface area contributed by atoms with Crippen LogP contribution in [-0.4, -0.2) is 87.7 Å². The molecule has 0 amide bonds. The first-order valence-electron chi connectivity index (χ1n) is 16.9. The van der Waals surface area contributed by atoms with E-state index in [0.29, 0.717) is 12.0 Å². The summed E-state index contributed by atoms with van der Waals surface area (Å²) >= 11 is 0. The summed E-state index contributed by atoms with van der Waals surface area (Å²) in [5, 5.41) is 34.3. The third-order valence-electron chi connectivity index (χ3n) is 11.9. The van der Waals surface area contributed by atoms with E-state index in [0.717, 1.165) is 6.92 Å². The molecule has 11 unspecified atom stereocenters. The molecule has 13 heteroatoms. The Kier molecular flexibility index (Phi) is 10.9. The van der Waals surface area contributed by atoms with Gasteiger partial charge < -0.3 is 38.7 Å². The van der Waals surface area contributed by atoms with E-state index in [1.54, 1.807) is 40.7 Å². The van der Waals surface area contributed by atoms with Crippen molar-refractivity contribution >= 4 is 29.7 Å². The van der Waals surface area contributed by atoms with Crippen LogP contribution in [0, 0.1) is 28.6 Å². The van der Waals surface area contributed by atoms with E-state index in [4.69, 9.17) is 23.4 Å². The van der Waals surface area contributed by atoms with Crippen molar-refractivity contribution in [2.24, 2.45) is 28.6 Å². The zero-order valence-electron chi connectivity index (χ0n) is 29.4. The Morgan fingerprint density at radius 2 is 1.86 bits per heavy atom. The minimum atomic E-state index is -2.35. The second kappa shape index (κ2) is 14.0. The van der Waals surface area contributed by atoms with Crippen molar-refractivity contribution in [2.45, 2.75) is 116 Å². The highest BCUT2D eigenvalue weighted by Gasteiger charge is 2.74. The number of rotatable bonds is 13. The summed E-state index contributed by atoms with van der Waals surface area (Å²) < 4.78 is 28.2. The van der Waals surface area contributed by atoms with Crippen LogP contribution in [0.4, 0.5) is 0 Å². The van der Waals surface area contributed by atoms with Crippen LogP contribution >= 0.6 is 0 Å². The Labute approximate surface area is 286 Å². The minimum Gasteiger partial charge on any atom is -0.472 e. The number of furan rings is 1. The largest absolute Gasteiger partial charge is 0.472 e. The lowest BCUT2D eigenvalue weighted by Crippen LogP contribution is -2.66. The van der Waals surface area contributed by atoms with Crippen LogP contribution in [0.15, 0.2) is 35.2 Å². The standard InChI is InChI=1S/C36H50O13/c1-9-19(3)31(42)32(43)48-28-14-23(20(4)36(44)26(39)13-24(35(28,36)8)22-11-12-45-17-22)34(7,25-15-30(41)49-33(25,6)18-37)27(47-21(5)38)16-29(40)46-10-2/h11-12,17,19,23-25,27-28,31,37,42,44H,4,9-10,13-16,18H2,1-3,5-8H3. The number of cyclic esters (lactones) is 1. The Bertz CT molecular complexity index is 1450. The highest BCUT2D eigenvalue weighted by Crippen LogP contribution is 2.67. The number of esters is 4. The lowest BCUT2D eigenvalue weighted by molar-refractivity contribution is -0.206. The van der Waals surface area contributed by atoms with E-state index in [1.165, 1.54) is 19.5 Å². The molecule has 3 aliphatic rings. The van der Waals surface area contributed by atoms with E-state index >= 15 is 0 Å². The number of hydrogen-bond acceptors (Lipinski definition) is 13. The molecule has 3 N–H and O–H groups in total. The van der Waals surface area contributed by atoms with Gasteiger partial charge in [-0.2, -0.15) is 0 Å². The van der Waals surface area contributed by atoms with Crippen LogP contribution in [-0.2, 0) is 42.9 Å². The van der Waals surface area contributed by atoms with Gasteiger partial charge in [-0.3, -0.25) is 19.2 Å². The molecule has 49 heavy (non-hydrogen) atoms. The Balaban J connectivity index is 1.98. The predicted octanol–water partition coefficient (Wildman–Crippen LogP) is 3.17. The summed E-state index contributed by atoms with van der Waals surface area (Å²) in [7, 11) is 0. The summed E-state index contributed by atoms with van der Waals surface area (Å²) in [5.41, 5.74) is -6.44. The summed E-state index contributed by atoms with van der Waals surface area (Å²) in [6.07, 6.45) is -1.87. The molecule has 1 aromatic heterocycles. The quantitative estimate of drug-likeness (QED) is 0.155. The van der Waals surface area contributed by atoms with Gasteiger partial charge in [-0.1, -0.05) is 40.7 Å². The number of fused-ring (bicyclic) bond motifs is 1. The molecule has 0 bridgehead atoms. The topological polar surface area (TPSA) is 196 Å². The molecule has 0 aromatic carbocycles. The molecular weight excluding hydrogens is 640 g/mol. The van der Waals surface area contributed by atoms with Crippen molar-refractivity contribution in [3.05, 3.63) is 36.3 Å². The monoisotopic (exact) mass is 690 g/mol. The normalized spacial score (nSPS) is 34.3. The van der Waals surface area contributed by atoms with Gasteiger partial charge in [0.25, 0.3) is 0 Å². The van der Waals surface area contributed by atoms with Gasteiger partial charge in [0, 0.05) is 30.6 Å². The highest BCUT2D eigenvalue weighted by molar-refractivity contribution is 5.96. The van der Waals surface area contributed by atoms with Gasteiger partial charge >= 0.3 is 23.9 Å². The van der Waals surface area contributed by atoms with Gasteiger partial charge in [-0.25, -0.2) is 4.79 Å². The number of aliphatic hydroxyl groups excluding tert-OH is 2. The third kappa shape index (κ3) is 6.22. The van der Waals surface area contributed by atoms with Crippen LogP contribution < -0.4 is 0 Å². The molecule has 4 rings (SSSR count). The third-order valence-corrected chi connectivity index (χ3v) is 11.9. The molecule has 1 aliphatic heterocycles. The first-order valence-corrected chi connectivity index (χ1v) is 16.9. The van der Waals surface area contributed by atoms with Gasteiger partial charge in [0.1, 0.15) is 17.8 Å². The Morgan fingerprint density at radius 3 is 2.41 bits per heavy atom. The van der Waals surface area contributed by atoms with Gasteiger partial charge in [-0.15, -0.1) is 0 Å². The van der Waals surface area contributed by atoms with Crippen molar-refractivity contribution in [2.75, 3.05) is 13.2 Å². The molecule has 272 valence electrons. The smallest absolute Gasteiger partial charge is 0.335 e. The van der Waals surface area contributed by atoms with E-state index in [1.807, 2.05) is 0 Å². The van der Waals surface area contributed by atoms with Crippen molar-refractivity contribution in [3.63, 3.8) is 0 Å². The Hall–Kier alpha value is -3.55. The lowest BCUT2D eigenvalue weighted by Gasteiger charge is -2.59. The van der Waals surface area contributed by atoms with Crippen molar-refractivity contribution in [3.8, 4) is 0 Å². The van der Waals surface area contributed by atoms with Crippen molar-refractivity contribution in [1.29, 1.82) is 0 Å². The summed E-state index contributed by atoms with van der Waals surface area (Å²) in [4.78, 5) is 66.5. The lowest BCUT2D eigenvalue weighted by atomic mass is 9.47. The average Bonchev–Trinajstić information content (AvgIpc) is 3.74. The zero-order valence-corrected chi connectivity index (χ0v) is 29.4. The fourth-order valence-corrected chi connectivity index (χ4v) is 8.76. The van der Waals surface area contributed by atoms with E-state index < -0.39 is 107 Å². The van der Waals surface area contributed by atoms with Gasteiger partial charge in [0.05, 0.1) is 44.0 Å². The van der Waals surface area contributed by atoms with Gasteiger partial charge in [0.2, 0.25) is 0 Å². The molecule has 3 fully saturated rings. The molecule has 13 nitrogen and oxygen atoms in total. The fourth-order valence-electron chi connectivity index (χ4n) is 8.76. The number of carbonyl (C=O) groups is 5. The number of aliphatic hydroxyl groups is 3. The van der Waals surface area contributed by atoms with E-state index in [9.17, 15) is 39.3 Å². The van der Waals surface area contributed by atoms with Gasteiger partial charge in [0.15, 0.2) is 17.5 Å². The van der Waals surface area contributed by atoms with E-state index in [-0.39, 0.29) is 31.4 Å². The molecule has 0 spiro atoms. The maximum Gasteiger partial charge on any atom is 0.335 e. The van der Waals surface area contributed by atoms with E-state index in [2.05, 4.69) is 6.58 Å². The maximum absolute atomic E-state index is 14.2. The predicted molar refractivity (Wildman–Crippen MR) is 171 cm³/mol. The van der Waals surface area contributed by atoms with Crippen LogP contribution in [0.1, 0.15) is 92.1 Å². The van der Waals surface area contributed by atoms with Crippen LogP contribution in [0.5, 0.6) is 0 Å². The fraction of sp³-hybridized carbons (Fsp3) is 0.694. The molecule has 2 aliphatic carbocycles. The van der Waals surface area contributed by atoms with Crippen molar-refractivity contribution in [1.82, 2.24) is 0 Å². The molecule has 2 heterocycles. The van der Waals surface area contributed by atoms with Crippen LogP contribution in [0.25, 0.3) is 0 Å². The molecule has 1 aromatic rings. The molecule has 1 saturated heterocycles. The first kappa shape index (κ1) is 38.3. The number of carbonyl (C=O) groups excluding carboxylic acids is 5. The highest BCUT2D eigenvalue weighted by atomic mass is 16.6. The molecular formula is C36H50O13. The number of ether oxygens (including phenoxy) is 4.